The lowest BCUT2D eigenvalue weighted by atomic mass is 10.0. The third-order valence-electron chi connectivity index (χ3n) is 11.3. The van der Waals surface area contributed by atoms with Crippen molar-refractivity contribution in [1.82, 2.24) is 0 Å². The molecule has 0 fully saturated rings. The Labute approximate surface area is 372 Å². The van der Waals surface area contributed by atoms with Crippen LogP contribution in [0.3, 0.4) is 0 Å². The highest BCUT2D eigenvalue weighted by Gasteiger charge is 2.45. The summed E-state index contributed by atoms with van der Waals surface area (Å²) >= 11 is 0. The smallest absolute Gasteiger partial charge is 0.422 e. The van der Waals surface area contributed by atoms with Crippen molar-refractivity contribution in [2.45, 2.75) is 12.4 Å². The highest BCUT2D eigenvalue weighted by Crippen LogP contribution is 2.48. The zero-order valence-electron chi connectivity index (χ0n) is 33.7. The molecule has 0 bridgehead atoms. The van der Waals surface area contributed by atoms with E-state index in [9.17, 15) is 26.3 Å². The first-order valence-corrected chi connectivity index (χ1v) is 19.8. The predicted molar refractivity (Wildman–Crippen MR) is 225 cm³/mol. The Morgan fingerprint density at radius 3 is 0.926 bits per heavy atom. The zero-order chi connectivity index (χ0) is 48.1. The third-order valence-corrected chi connectivity index (χ3v) is 11.3. The van der Waals surface area contributed by atoms with Crippen LogP contribution in [-0.2, 0) is 12.4 Å². The van der Waals surface area contributed by atoms with Crippen LogP contribution >= 0.6 is 0 Å². The van der Waals surface area contributed by atoms with E-state index in [1.807, 2.05) is 0 Å². The molecule has 4 nitrogen and oxygen atoms in total. The van der Waals surface area contributed by atoms with Gasteiger partial charge in [0.1, 0.15) is 44.8 Å². The van der Waals surface area contributed by atoms with Gasteiger partial charge in [0.05, 0.1) is 0 Å². The molecule has 0 unspecified atom stereocenters. The van der Waals surface area contributed by atoms with E-state index in [0.717, 1.165) is 0 Å². The van der Waals surface area contributed by atoms with Gasteiger partial charge in [-0.1, -0.05) is 60.7 Å². The standard InChI is InChI=1S/C50H22F14N2O2/c51-39-37(49(59,60)61)40(52)44(56)47(43(39)55)65(27-17-19-35-31(21-27)29-5-1-3-7-33(29)67-35)25-13-9-23(10-14-25)24-11-15-26(16-12-24)66(48-45(57)41(53)38(50(62,63)64)42(54)46(48)58)28-18-20-36-32(22-28)30-6-2-4-8-34(30)68-36/h1-22H. The van der Waals surface area contributed by atoms with Gasteiger partial charge in [-0.15, -0.1) is 0 Å². The van der Waals surface area contributed by atoms with Gasteiger partial charge >= 0.3 is 12.4 Å². The lowest BCUT2D eigenvalue weighted by molar-refractivity contribution is -0.144. The molecule has 0 atom stereocenters. The number of nitrogens with zero attached hydrogens (tertiary/aromatic N) is 2. The maximum Gasteiger partial charge on any atom is 0.422 e. The van der Waals surface area contributed by atoms with E-state index in [-0.39, 0.29) is 45.0 Å². The molecule has 10 aromatic rings. The maximum atomic E-state index is 15.9. The minimum atomic E-state index is -5.82. The van der Waals surface area contributed by atoms with Crippen molar-refractivity contribution in [2.75, 3.05) is 9.80 Å². The van der Waals surface area contributed by atoms with E-state index in [1.54, 1.807) is 48.5 Å². The summed E-state index contributed by atoms with van der Waals surface area (Å²) in [5, 5.41) is 1.76. The first-order valence-electron chi connectivity index (χ1n) is 19.8. The summed E-state index contributed by atoms with van der Waals surface area (Å²) in [7, 11) is 0. The first kappa shape index (κ1) is 43.9. The number of para-hydroxylation sites is 2. The fourth-order valence-electron chi connectivity index (χ4n) is 8.26. The average molecular weight is 949 g/mol. The van der Waals surface area contributed by atoms with Crippen LogP contribution in [0.4, 0.5) is 95.6 Å². The summed E-state index contributed by atoms with van der Waals surface area (Å²) in [6.07, 6.45) is -11.6. The average Bonchev–Trinajstić information content (AvgIpc) is 3.88. The molecule has 0 aliphatic carbocycles. The molecule has 2 heterocycles. The Balaban J connectivity index is 1.09. The second kappa shape index (κ2) is 15.8. The molecular weight excluding hydrogens is 927 g/mol. The lowest BCUT2D eigenvalue weighted by Crippen LogP contribution is -2.20. The summed E-state index contributed by atoms with van der Waals surface area (Å²) in [6.45, 7) is 0. The van der Waals surface area contributed by atoms with Crippen LogP contribution < -0.4 is 9.80 Å². The SMILES string of the molecule is Fc1c(F)c(C(F)(F)F)c(F)c(F)c1N(c1ccc(-c2ccc(N(c3ccc4oc5ccccc5c4c3)c3c(F)c(F)c(C(F)(F)F)c(F)c3F)cc2)cc1)c1ccc2oc3ccccc3c2c1. The van der Waals surface area contributed by atoms with Crippen LogP contribution in [0.25, 0.3) is 55.0 Å². The molecule has 0 amide bonds. The fraction of sp³-hybridized carbons (Fsp3) is 0.0400. The van der Waals surface area contributed by atoms with Crippen molar-refractivity contribution in [3.8, 4) is 11.1 Å². The van der Waals surface area contributed by atoms with Crippen LogP contribution in [0.15, 0.2) is 142 Å². The van der Waals surface area contributed by atoms with Gasteiger partial charge in [-0.25, -0.2) is 35.1 Å². The molecule has 0 saturated heterocycles. The molecule has 10 rings (SSSR count). The summed E-state index contributed by atoms with van der Waals surface area (Å²) in [4.78, 5) is 1.32. The van der Waals surface area contributed by atoms with Gasteiger partial charge in [-0.2, -0.15) is 26.3 Å². The van der Waals surface area contributed by atoms with Gasteiger partial charge in [-0.3, -0.25) is 0 Å². The number of alkyl halides is 6. The Morgan fingerprint density at radius 2 is 0.603 bits per heavy atom. The molecule has 2 aromatic heterocycles. The van der Waals surface area contributed by atoms with Crippen molar-refractivity contribution in [2.24, 2.45) is 0 Å². The van der Waals surface area contributed by atoms with E-state index in [4.69, 9.17) is 8.83 Å². The van der Waals surface area contributed by atoms with Gasteiger partial charge in [0, 0.05) is 44.3 Å². The fourth-order valence-corrected chi connectivity index (χ4v) is 8.26. The molecule has 68 heavy (non-hydrogen) atoms. The first-order chi connectivity index (χ1) is 32.3. The van der Waals surface area contributed by atoms with Crippen molar-refractivity contribution >= 4 is 78.0 Å². The van der Waals surface area contributed by atoms with Gasteiger partial charge in [0.15, 0.2) is 46.5 Å². The number of rotatable bonds is 7. The van der Waals surface area contributed by atoms with Gasteiger partial charge in [0.2, 0.25) is 0 Å². The number of benzene rings is 8. The molecule has 0 aliphatic heterocycles. The molecule has 0 spiro atoms. The maximum absolute atomic E-state index is 15.9. The predicted octanol–water partition coefficient (Wildman–Crippen LogP) is 17.2. The molecule has 0 N–H and O–H groups in total. The minimum Gasteiger partial charge on any atom is -0.456 e. The highest BCUT2D eigenvalue weighted by molar-refractivity contribution is 6.07. The number of anilines is 6. The summed E-state index contributed by atoms with van der Waals surface area (Å²) in [5.74, 6) is -20.2. The number of hydrogen-bond acceptors (Lipinski definition) is 4. The second-order valence-corrected chi connectivity index (χ2v) is 15.3. The Kier molecular flexibility index (Phi) is 10.2. The van der Waals surface area contributed by atoms with Gasteiger partial charge < -0.3 is 18.6 Å². The summed E-state index contributed by atoms with van der Waals surface area (Å²) in [6, 6.07) is 31.4. The van der Waals surface area contributed by atoms with Crippen LogP contribution in [-0.4, -0.2) is 0 Å². The topological polar surface area (TPSA) is 32.8 Å². The number of hydrogen-bond donors (Lipinski definition) is 0. The van der Waals surface area contributed by atoms with E-state index in [2.05, 4.69) is 0 Å². The van der Waals surface area contributed by atoms with Crippen LogP contribution in [0.5, 0.6) is 0 Å². The minimum absolute atomic E-state index is 0.171. The van der Waals surface area contributed by atoms with Crippen molar-refractivity contribution in [1.29, 1.82) is 0 Å². The normalized spacial score (nSPS) is 12.3. The Bertz CT molecular complexity index is 3350. The number of fused-ring (bicyclic) bond motifs is 6. The monoisotopic (exact) mass is 948 g/mol. The van der Waals surface area contributed by atoms with Crippen molar-refractivity contribution < 1.29 is 70.3 Å². The summed E-state index contributed by atoms with van der Waals surface area (Å²) < 4.78 is 218. The molecule has 8 aromatic carbocycles. The number of furan rings is 2. The quantitative estimate of drug-likeness (QED) is 0.118. The van der Waals surface area contributed by atoms with E-state index >= 15 is 35.1 Å². The number of halogens is 14. The molecular formula is C50H22F14N2O2. The largest absolute Gasteiger partial charge is 0.456 e. The van der Waals surface area contributed by atoms with Crippen LogP contribution in [0.2, 0.25) is 0 Å². The Hall–Kier alpha value is -8.02. The van der Waals surface area contributed by atoms with Crippen LogP contribution in [0, 0.1) is 46.5 Å². The zero-order valence-corrected chi connectivity index (χ0v) is 33.7. The lowest BCUT2D eigenvalue weighted by Gasteiger charge is -2.28. The third kappa shape index (κ3) is 7.00. The van der Waals surface area contributed by atoms with Crippen molar-refractivity contribution in [3.05, 3.63) is 191 Å². The molecule has 0 aliphatic rings. The highest BCUT2D eigenvalue weighted by atomic mass is 19.4. The van der Waals surface area contributed by atoms with E-state index in [1.165, 1.54) is 84.9 Å². The molecule has 18 heteroatoms. The van der Waals surface area contributed by atoms with Gasteiger partial charge in [-0.05, 0) is 83.9 Å². The molecule has 0 saturated carbocycles. The summed E-state index contributed by atoms with van der Waals surface area (Å²) in [5.41, 5.74) is -7.48. The van der Waals surface area contributed by atoms with Gasteiger partial charge in [0.25, 0.3) is 0 Å². The molecule has 342 valence electrons. The van der Waals surface area contributed by atoms with E-state index in [0.29, 0.717) is 42.5 Å². The Morgan fingerprint density at radius 1 is 0.309 bits per heavy atom. The molecule has 0 radical (unpaired) electrons. The van der Waals surface area contributed by atoms with E-state index < -0.39 is 81.4 Å². The van der Waals surface area contributed by atoms with Crippen LogP contribution in [0.1, 0.15) is 11.1 Å². The van der Waals surface area contributed by atoms with Crippen molar-refractivity contribution in [3.63, 3.8) is 0 Å². The second-order valence-electron chi connectivity index (χ2n) is 15.3.